The Labute approximate surface area is 238 Å². The molecule has 1 aromatic heterocycles. The molecule has 1 heterocycles. The summed E-state index contributed by atoms with van der Waals surface area (Å²) >= 11 is 6.14. The van der Waals surface area contributed by atoms with E-state index in [1.165, 1.54) is 0 Å². The monoisotopic (exact) mass is 577 g/mol. The maximum absolute atomic E-state index is 14.1. The number of carboxylic acids is 1. The number of nitrogens with one attached hydrogen (secondary N) is 1. The van der Waals surface area contributed by atoms with E-state index in [0.717, 1.165) is 34.0 Å². The molecular formula is C31H23ClF3N3O3. The molecule has 5 rings (SSSR count). The second-order valence-electron chi connectivity index (χ2n) is 9.52. The highest BCUT2D eigenvalue weighted by molar-refractivity contribution is 6.31. The zero-order chi connectivity index (χ0) is 29.3. The first-order chi connectivity index (χ1) is 19.6. The summed E-state index contributed by atoms with van der Waals surface area (Å²) in [5.41, 5.74) is 2.89. The SMILES string of the molecule is CC(c1ccc(C(=O)NCCC(=O)O)cc1)n1nc(-c2cc(F)c(F)c(F)c2)cc1-c1ccc2cc(Cl)ccc2c1. The van der Waals surface area contributed by atoms with Crippen LogP contribution >= 0.6 is 11.6 Å². The first kappa shape index (κ1) is 27.9. The van der Waals surface area contributed by atoms with Crippen LogP contribution in [0.2, 0.25) is 5.02 Å². The van der Waals surface area contributed by atoms with Gasteiger partial charge < -0.3 is 10.4 Å². The summed E-state index contributed by atoms with van der Waals surface area (Å²) in [6, 6.07) is 21.1. The molecule has 4 aromatic carbocycles. The van der Waals surface area contributed by atoms with Gasteiger partial charge in [-0.1, -0.05) is 41.9 Å². The Morgan fingerprint density at radius 2 is 1.56 bits per heavy atom. The molecule has 0 saturated heterocycles. The molecule has 0 radical (unpaired) electrons. The number of halogens is 4. The Hall–Kier alpha value is -4.63. The number of hydrogen-bond acceptors (Lipinski definition) is 3. The van der Waals surface area contributed by atoms with Crippen LogP contribution in [0.4, 0.5) is 13.2 Å². The third-order valence-corrected chi connectivity index (χ3v) is 7.00. The predicted molar refractivity (Wildman–Crippen MR) is 150 cm³/mol. The van der Waals surface area contributed by atoms with Gasteiger partial charge in [-0.15, -0.1) is 0 Å². The molecule has 41 heavy (non-hydrogen) atoms. The van der Waals surface area contributed by atoms with Crippen molar-refractivity contribution in [3.8, 4) is 22.5 Å². The minimum Gasteiger partial charge on any atom is -0.481 e. The molecule has 2 N–H and O–H groups in total. The van der Waals surface area contributed by atoms with Gasteiger partial charge in [-0.05, 0) is 71.8 Å². The highest BCUT2D eigenvalue weighted by Gasteiger charge is 2.20. The van der Waals surface area contributed by atoms with Crippen LogP contribution in [-0.4, -0.2) is 33.3 Å². The second-order valence-corrected chi connectivity index (χ2v) is 9.95. The molecule has 1 amide bonds. The summed E-state index contributed by atoms with van der Waals surface area (Å²) in [7, 11) is 0. The van der Waals surface area contributed by atoms with Crippen molar-refractivity contribution in [1.29, 1.82) is 0 Å². The van der Waals surface area contributed by atoms with Crippen molar-refractivity contribution in [2.75, 3.05) is 6.54 Å². The number of rotatable bonds is 8. The van der Waals surface area contributed by atoms with Gasteiger partial charge in [-0.25, -0.2) is 13.2 Å². The number of aromatic nitrogens is 2. The molecule has 0 aliphatic heterocycles. The zero-order valence-corrected chi connectivity index (χ0v) is 22.4. The van der Waals surface area contributed by atoms with E-state index in [0.29, 0.717) is 16.3 Å². The average Bonchev–Trinajstić information content (AvgIpc) is 3.40. The summed E-state index contributed by atoms with van der Waals surface area (Å²) in [5, 5.41) is 18.4. The topological polar surface area (TPSA) is 84.2 Å². The molecule has 0 aliphatic rings. The van der Waals surface area contributed by atoms with E-state index in [-0.39, 0.29) is 30.3 Å². The van der Waals surface area contributed by atoms with Gasteiger partial charge in [-0.3, -0.25) is 14.3 Å². The fourth-order valence-corrected chi connectivity index (χ4v) is 4.75. The lowest BCUT2D eigenvalue weighted by atomic mass is 10.0. The van der Waals surface area contributed by atoms with E-state index in [1.807, 2.05) is 37.3 Å². The molecule has 6 nitrogen and oxygen atoms in total. The van der Waals surface area contributed by atoms with Crippen LogP contribution in [0.15, 0.2) is 78.9 Å². The standard InChI is InChI=1S/C31H23ClF3N3O3/c1-17(18-2-4-19(5-3-18)31(41)36-11-10-29(39)40)38-28(22-7-6-21-13-24(32)9-8-20(21)12-22)16-27(37-38)23-14-25(33)30(35)26(34)15-23/h2-9,12-17H,10-11H2,1H3,(H,36,41)(H,39,40). The Kier molecular flexibility index (Phi) is 7.81. The number of nitrogens with zero attached hydrogens (tertiary/aromatic N) is 2. The van der Waals surface area contributed by atoms with Gasteiger partial charge in [0.05, 0.1) is 23.9 Å². The van der Waals surface area contributed by atoms with E-state index in [4.69, 9.17) is 16.7 Å². The molecule has 0 aliphatic carbocycles. The molecule has 0 spiro atoms. The molecule has 0 bridgehead atoms. The number of benzene rings is 4. The van der Waals surface area contributed by atoms with Gasteiger partial charge in [0.1, 0.15) is 0 Å². The van der Waals surface area contributed by atoms with Crippen molar-refractivity contribution in [2.24, 2.45) is 0 Å². The van der Waals surface area contributed by atoms with E-state index in [2.05, 4.69) is 10.4 Å². The van der Waals surface area contributed by atoms with Gasteiger partial charge in [0.25, 0.3) is 5.91 Å². The first-order valence-corrected chi connectivity index (χ1v) is 13.0. The van der Waals surface area contributed by atoms with Crippen LogP contribution in [0.3, 0.4) is 0 Å². The Balaban J connectivity index is 1.54. The third kappa shape index (κ3) is 5.95. The van der Waals surface area contributed by atoms with Crippen molar-refractivity contribution in [1.82, 2.24) is 15.1 Å². The fourth-order valence-electron chi connectivity index (χ4n) is 4.56. The van der Waals surface area contributed by atoms with E-state index < -0.39 is 29.3 Å². The van der Waals surface area contributed by atoms with Gasteiger partial charge in [0.15, 0.2) is 17.5 Å². The molecule has 208 valence electrons. The number of aliphatic carboxylic acids is 1. The summed E-state index contributed by atoms with van der Waals surface area (Å²) in [5.74, 6) is -5.59. The highest BCUT2D eigenvalue weighted by Crippen LogP contribution is 2.34. The maximum Gasteiger partial charge on any atom is 0.305 e. The average molecular weight is 578 g/mol. The van der Waals surface area contributed by atoms with Crippen LogP contribution in [0.1, 0.15) is 35.3 Å². The summed E-state index contributed by atoms with van der Waals surface area (Å²) in [6.45, 7) is 1.89. The van der Waals surface area contributed by atoms with Gasteiger partial charge in [-0.2, -0.15) is 5.10 Å². The van der Waals surface area contributed by atoms with Crippen molar-refractivity contribution >= 4 is 34.2 Å². The number of carbonyl (C=O) groups excluding carboxylic acids is 1. The Bertz CT molecular complexity index is 1760. The van der Waals surface area contributed by atoms with E-state index in [9.17, 15) is 22.8 Å². The van der Waals surface area contributed by atoms with E-state index in [1.54, 1.807) is 41.1 Å². The Morgan fingerprint density at radius 3 is 2.24 bits per heavy atom. The Morgan fingerprint density at radius 1 is 0.902 bits per heavy atom. The smallest absolute Gasteiger partial charge is 0.305 e. The van der Waals surface area contributed by atoms with Crippen LogP contribution in [-0.2, 0) is 4.79 Å². The lowest BCUT2D eigenvalue weighted by molar-refractivity contribution is -0.136. The van der Waals surface area contributed by atoms with Crippen molar-refractivity contribution in [3.63, 3.8) is 0 Å². The van der Waals surface area contributed by atoms with E-state index >= 15 is 0 Å². The second kappa shape index (κ2) is 11.5. The molecule has 10 heteroatoms. The van der Waals surface area contributed by atoms with Crippen molar-refractivity contribution in [2.45, 2.75) is 19.4 Å². The largest absolute Gasteiger partial charge is 0.481 e. The van der Waals surface area contributed by atoms with Gasteiger partial charge in [0.2, 0.25) is 0 Å². The molecule has 1 unspecified atom stereocenters. The minimum absolute atomic E-state index is 0.00822. The summed E-state index contributed by atoms with van der Waals surface area (Å²) in [4.78, 5) is 23.1. The lowest BCUT2D eigenvalue weighted by Crippen LogP contribution is -2.26. The zero-order valence-electron chi connectivity index (χ0n) is 21.7. The number of hydrogen-bond donors (Lipinski definition) is 2. The predicted octanol–water partition coefficient (Wildman–Crippen LogP) is 7.25. The summed E-state index contributed by atoms with van der Waals surface area (Å²) < 4.78 is 43.5. The quantitative estimate of drug-likeness (QED) is 0.190. The van der Waals surface area contributed by atoms with Crippen LogP contribution < -0.4 is 5.32 Å². The molecule has 0 fully saturated rings. The summed E-state index contributed by atoms with van der Waals surface area (Å²) in [6.07, 6.45) is -0.186. The highest BCUT2D eigenvalue weighted by atomic mass is 35.5. The number of amides is 1. The molecule has 5 aromatic rings. The molecule has 1 atom stereocenters. The van der Waals surface area contributed by atoms with Crippen LogP contribution in [0, 0.1) is 17.5 Å². The van der Waals surface area contributed by atoms with Crippen LogP contribution in [0.5, 0.6) is 0 Å². The number of carbonyl (C=O) groups is 2. The van der Waals surface area contributed by atoms with Crippen molar-refractivity contribution in [3.05, 3.63) is 112 Å². The fraction of sp³-hybridized carbons (Fsp3) is 0.129. The van der Waals surface area contributed by atoms with Crippen LogP contribution in [0.25, 0.3) is 33.3 Å². The van der Waals surface area contributed by atoms with Crippen molar-refractivity contribution < 1.29 is 27.9 Å². The van der Waals surface area contributed by atoms with Gasteiger partial charge in [0, 0.05) is 28.3 Å². The minimum atomic E-state index is -1.55. The lowest BCUT2D eigenvalue weighted by Gasteiger charge is -2.17. The normalized spacial score (nSPS) is 11.9. The third-order valence-electron chi connectivity index (χ3n) is 6.76. The maximum atomic E-state index is 14.1. The number of fused-ring (bicyclic) bond motifs is 1. The number of carboxylic acid groups (broad SMARTS) is 1. The first-order valence-electron chi connectivity index (χ1n) is 12.6. The molecule has 0 saturated carbocycles. The molecular weight excluding hydrogens is 555 g/mol. The van der Waals surface area contributed by atoms with Gasteiger partial charge >= 0.3 is 5.97 Å².